The van der Waals surface area contributed by atoms with Crippen molar-refractivity contribution < 1.29 is 9.21 Å². The van der Waals surface area contributed by atoms with E-state index >= 15 is 0 Å². The maximum Gasteiger partial charge on any atom is 0.291 e. The molecule has 0 bridgehead atoms. The molecule has 7 nitrogen and oxygen atoms in total. The maximum absolute atomic E-state index is 13.2. The van der Waals surface area contributed by atoms with E-state index in [4.69, 9.17) is 4.42 Å². The number of benzene rings is 1. The Balaban J connectivity index is 1.55. The molecule has 0 saturated heterocycles. The summed E-state index contributed by atoms with van der Waals surface area (Å²) in [6, 6.07) is 11.7. The molecule has 3 aromatic heterocycles. The highest BCUT2D eigenvalue weighted by molar-refractivity contribution is 6.07. The Labute approximate surface area is 174 Å². The highest BCUT2D eigenvalue weighted by Crippen LogP contribution is 2.26. The molecule has 3 heterocycles. The quantitative estimate of drug-likeness (QED) is 0.486. The Morgan fingerprint density at radius 3 is 2.80 bits per heavy atom. The fourth-order valence-corrected chi connectivity index (χ4v) is 3.90. The van der Waals surface area contributed by atoms with Crippen molar-refractivity contribution in [2.24, 2.45) is 0 Å². The number of nitrogens with one attached hydrogen (secondary N) is 1. The van der Waals surface area contributed by atoms with Crippen molar-refractivity contribution in [3.05, 3.63) is 65.0 Å². The summed E-state index contributed by atoms with van der Waals surface area (Å²) in [6.45, 7) is 4.66. The predicted octanol–water partition coefficient (Wildman–Crippen LogP) is 3.49. The summed E-state index contributed by atoms with van der Waals surface area (Å²) >= 11 is 0. The van der Waals surface area contributed by atoms with Crippen molar-refractivity contribution >= 4 is 27.7 Å². The van der Waals surface area contributed by atoms with Gasteiger partial charge in [0, 0.05) is 35.3 Å². The fourth-order valence-electron chi connectivity index (χ4n) is 3.90. The molecule has 1 amide bonds. The van der Waals surface area contributed by atoms with E-state index < -0.39 is 0 Å². The van der Waals surface area contributed by atoms with Crippen molar-refractivity contribution in [1.82, 2.24) is 19.7 Å². The number of rotatable bonds is 8. The van der Waals surface area contributed by atoms with Crippen LogP contribution in [0.1, 0.15) is 32.4 Å². The third-order valence-electron chi connectivity index (χ3n) is 5.33. The molecule has 30 heavy (non-hydrogen) atoms. The Morgan fingerprint density at radius 1 is 1.20 bits per heavy atom. The summed E-state index contributed by atoms with van der Waals surface area (Å²) in [5, 5.41) is 9.06. The van der Waals surface area contributed by atoms with Crippen LogP contribution in [0.25, 0.3) is 21.8 Å². The lowest BCUT2D eigenvalue weighted by Crippen LogP contribution is -2.38. The van der Waals surface area contributed by atoms with Crippen LogP contribution in [-0.4, -0.2) is 26.3 Å². The molecule has 4 rings (SSSR count). The molecule has 156 valence electrons. The Morgan fingerprint density at radius 2 is 2.03 bits per heavy atom. The summed E-state index contributed by atoms with van der Waals surface area (Å²) < 4.78 is 8.62. The van der Waals surface area contributed by atoms with Crippen molar-refractivity contribution in [2.45, 2.75) is 52.2 Å². The zero-order valence-electron chi connectivity index (χ0n) is 17.3. The zero-order chi connectivity index (χ0) is 21.1. The van der Waals surface area contributed by atoms with E-state index in [2.05, 4.69) is 17.3 Å². The number of hydrogen-bond donors (Lipinski definition) is 1. The van der Waals surface area contributed by atoms with Gasteiger partial charge in [-0.2, -0.15) is 5.10 Å². The highest BCUT2D eigenvalue weighted by atomic mass is 16.3. The molecule has 0 fully saturated rings. The van der Waals surface area contributed by atoms with Crippen LogP contribution < -0.4 is 10.9 Å². The fraction of sp³-hybridized carbons (Fsp3) is 0.348. The van der Waals surface area contributed by atoms with Gasteiger partial charge in [0.25, 0.3) is 5.56 Å². The molecule has 1 N–H and O–H groups in total. The van der Waals surface area contributed by atoms with Crippen molar-refractivity contribution in [1.29, 1.82) is 0 Å². The average Bonchev–Trinajstić information content (AvgIpc) is 3.36. The molecular weight excluding hydrogens is 380 g/mol. The van der Waals surface area contributed by atoms with Gasteiger partial charge in [-0.25, -0.2) is 4.68 Å². The van der Waals surface area contributed by atoms with Crippen molar-refractivity contribution in [3.63, 3.8) is 0 Å². The van der Waals surface area contributed by atoms with E-state index in [1.54, 1.807) is 12.5 Å². The predicted molar refractivity (Wildman–Crippen MR) is 116 cm³/mol. The number of amides is 1. The van der Waals surface area contributed by atoms with Gasteiger partial charge < -0.3 is 14.3 Å². The van der Waals surface area contributed by atoms with Crippen molar-refractivity contribution in [3.8, 4) is 0 Å². The second-order valence-corrected chi connectivity index (χ2v) is 7.63. The average molecular weight is 406 g/mol. The van der Waals surface area contributed by atoms with Gasteiger partial charge in [-0.3, -0.25) is 9.59 Å². The van der Waals surface area contributed by atoms with E-state index in [0.717, 1.165) is 47.9 Å². The third kappa shape index (κ3) is 3.87. The molecule has 7 heteroatoms. The first kappa shape index (κ1) is 19.9. The lowest BCUT2D eigenvalue weighted by atomic mass is 10.1. The van der Waals surface area contributed by atoms with E-state index in [1.165, 1.54) is 4.68 Å². The van der Waals surface area contributed by atoms with E-state index in [0.29, 0.717) is 5.52 Å². The van der Waals surface area contributed by atoms with E-state index in [9.17, 15) is 9.59 Å². The zero-order valence-corrected chi connectivity index (χ0v) is 17.3. The van der Waals surface area contributed by atoms with Crippen LogP contribution in [0.4, 0.5) is 0 Å². The SMILES string of the molecule is CCCn1c2ccccc2c2cnn(CC(=O)N[C@@H](C)CCc3ccco3)c(=O)c21. The summed E-state index contributed by atoms with van der Waals surface area (Å²) in [5.41, 5.74) is 1.38. The number of furan rings is 1. The topological polar surface area (TPSA) is 82.1 Å². The molecule has 0 saturated carbocycles. The molecule has 1 atom stereocenters. The maximum atomic E-state index is 13.2. The first-order chi connectivity index (χ1) is 14.6. The number of aromatic nitrogens is 3. The number of fused-ring (bicyclic) bond motifs is 3. The van der Waals surface area contributed by atoms with Gasteiger partial charge in [0.15, 0.2) is 0 Å². The van der Waals surface area contributed by atoms with Gasteiger partial charge >= 0.3 is 0 Å². The van der Waals surface area contributed by atoms with Gasteiger partial charge in [0.1, 0.15) is 17.8 Å². The number of hydrogen-bond acceptors (Lipinski definition) is 4. The minimum atomic E-state index is -0.240. The summed E-state index contributed by atoms with van der Waals surface area (Å²) in [5.74, 6) is 0.664. The Bertz CT molecular complexity index is 1220. The number of para-hydroxylation sites is 1. The van der Waals surface area contributed by atoms with E-state index in [1.807, 2.05) is 47.9 Å². The molecule has 0 aliphatic carbocycles. The molecule has 0 radical (unpaired) electrons. The second-order valence-electron chi connectivity index (χ2n) is 7.63. The molecule has 0 unspecified atom stereocenters. The molecule has 1 aromatic carbocycles. The van der Waals surface area contributed by atoms with Crippen LogP contribution in [0, 0.1) is 0 Å². The molecule has 0 aliphatic rings. The summed E-state index contributed by atoms with van der Waals surface area (Å²) in [4.78, 5) is 25.7. The summed E-state index contributed by atoms with van der Waals surface area (Å²) in [6.07, 6.45) is 5.74. The molecule has 0 spiro atoms. The van der Waals surface area contributed by atoms with Crippen LogP contribution in [0.3, 0.4) is 0 Å². The van der Waals surface area contributed by atoms with Gasteiger partial charge in [0.2, 0.25) is 5.91 Å². The largest absolute Gasteiger partial charge is 0.469 e. The number of aryl methyl sites for hydroxylation is 2. The first-order valence-electron chi connectivity index (χ1n) is 10.4. The smallest absolute Gasteiger partial charge is 0.291 e. The lowest BCUT2D eigenvalue weighted by Gasteiger charge is -2.13. The molecule has 0 aliphatic heterocycles. The lowest BCUT2D eigenvalue weighted by molar-refractivity contribution is -0.122. The first-order valence-corrected chi connectivity index (χ1v) is 10.4. The summed E-state index contributed by atoms with van der Waals surface area (Å²) in [7, 11) is 0. The number of carbonyl (C=O) groups is 1. The van der Waals surface area contributed by atoms with Crippen molar-refractivity contribution in [2.75, 3.05) is 0 Å². The monoisotopic (exact) mass is 406 g/mol. The molecule has 4 aromatic rings. The third-order valence-corrected chi connectivity index (χ3v) is 5.33. The number of carbonyl (C=O) groups excluding carboxylic acids is 1. The van der Waals surface area contributed by atoms with Gasteiger partial charge in [0.05, 0.1) is 12.5 Å². The number of nitrogens with zero attached hydrogens (tertiary/aromatic N) is 3. The van der Waals surface area contributed by atoms with Gasteiger partial charge in [-0.15, -0.1) is 0 Å². The normalized spacial score (nSPS) is 12.5. The van der Waals surface area contributed by atoms with Crippen LogP contribution >= 0.6 is 0 Å². The molecular formula is C23H26N4O3. The minimum Gasteiger partial charge on any atom is -0.469 e. The van der Waals surface area contributed by atoms with Crippen LogP contribution in [-0.2, 0) is 24.3 Å². The minimum absolute atomic E-state index is 0.0337. The van der Waals surface area contributed by atoms with E-state index in [-0.39, 0.29) is 24.1 Å². The highest BCUT2D eigenvalue weighted by Gasteiger charge is 2.17. The van der Waals surface area contributed by atoms with Crippen LogP contribution in [0.5, 0.6) is 0 Å². The van der Waals surface area contributed by atoms with Gasteiger partial charge in [-0.05, 0) is 38.0 Å². The van der Waals surface area contributed by atoms with Crippen LogP contribution in [0.2, 0.25) is 0 Å². The second kappa shape index (κ2) is 8.57. The Kier molecular flexibility index (Phi) is 5.70. The van der Waals surface area contributed by atoms with Gasteiger partial charge in [-0.1, -0.05) is 25.1 Å². The van der Waals surface area contributed by atoms with Crippen LogP contribution in [0.15, 0.2) is 58.1 Å². The standard InChI is InChI=1S/C23H26N4O3/c1-3-12-26-20-9-5-4-8-18(20)19-14-24-27(23(29)22(19)26)15-21(28)25-16(2)10-11-17-7-6-13-30-17/h4-9,13-14,16H,3,10-12,15H2,1-2H3,(H,25,28)/t16-/m0/s1. The Hall–Kier alpha value is -3.35.